The number of benzene rings is 2. The van der Waals surface area contributed by atoms with Crippen molar-refractivity contribution in [3.8, 4) is 0 Å². The highest BCUT2D eigenvalue weighted by Crippen LogP contribution is 2.18. The molecule has 0 aliphatic carbocycles. The molecular formula is C19H21BrN2O. The number of rotatable bonds is 6. The highest BCUT2D eigenvalue weighted by Gasteiger charge is 2.02. The fraction of sp³-hybridized carbons (Fsp3) is 0.211. The van der Waals surface area contributed by atoms with Crippen LogP contribution in [0.15, 0.2) is 59.1 Å². The lowest BCUT2D eigenvalue weighted by atomic mass is 10.2. The lowest BCUT2D eigenvalue weighted by molar-refractivity contribution is -0.111. The molecule has 0 atom stereocenters. The Hall–Kier alpha value is -2.07. The molecule has 2 rings (SSSR count). The van der Waals surface area contributed by atoms with Gasteiger partial charge in [0.05, 0.1) is 0 Å². The molecule has 1 N–H and O–H groups in total. The van der Waals surface area contributed by atoms with Crippen LogP contribution >= 0.6 is 15.9 Å². The monoisotopic (exact) mass is 372 g/mol. The molecule has 0 bridgehead atoms. The molecule has 0 aromatic heterocycles. The summed E-state index contributed by atoms with van der Waals surface area (Å²) < 4.78 is 1.02. The molecule has 1 amide bonds. The van der Waals surface area contributed by atoms with Crippen molar-refractivity contribution in [2.24, 2.45) is 0 Å². The molecule has 0 spiro atoms. The zero-order valence-electron chi connectivity index (χ0n) is 13.4. The molecule has 0 radical (unpaired) electrons. The Labute approximate surface area is 146 Å². The predicted molar refractivity (Wildman–Crippen MR) is 102 cm³/mol. The van der Waals surface area contributed by atoms with E-state index in [4.69, 9.17) is 0 Å². The fourth-order valence-electron chi connectivity index (χ4n) is 2.27. The van der Waals surface area contributed by atoms with E-state index in [1.54, 1.807) is 12.2 Å². The second-order valence-corrected chi connectivity index (χ2v) is 6.01. The summed E-state index contributed by atoms with van der Waals surface area (Å²) in [5, 5.41) is 2.87. The molecule has 0 fully saturated rings. The van der Waals surface area contributed by atoms with E-state index in [-0.39, 0.29) is 5.91 Å². The van der Waals surface area contributed by atoms with Crippen molar-refractivity contribution in [2.75, 3.05) is 23.3 Å². The summed E-state index contributed by atoms with van der Waals surface area (Å²) >= 11 is 3.39. The Morgan fingerprint density at radius 3 is 2.22 bits per heavy atom. The minimum atomic E-state index is -0.136. The summed E-state index contributed by atoms with van der Waals surface area (Å²) in [6, 6.07) is 15.7. The molecule has 23 heavy (non-hydrogen) atoms. The molecule has 120 valence electrons. The normalized spacial score (nSPS) is 10.7. The Morgan fingerprint density at radius 1 is 1.04 bits per heavy atom. The standard InChI is InChI=1S/C19H21BrN2O/c1-3-22(4-2)18-12-10-17(11-13-18)21-19(23)14-7-15-5-8-16(20)9-6-15/h5-14H,3-4H2,1-2H3,(H,21,23)/b14-7+. The summed E-state index contributed by atoms with van der Waals surface area (Å²) in [4.78, 5) is 14.2. The zero-order chi connectivity index (χ0) is 16.7. The molecule has 3 nitrogen and oxygen atoms in total. The highest BCUT2D eigenvalue weighted by molar-refractivity contribution is 9.10. The zero-order valence-corrected chi connectivity index (χ0v) is 15.0. The van der Waals surface area contributed by atoms with Gasteiger partial charge in [-0.25, -0.2) is 0 Å². The van der Waals surface area contributed by atoms with Gasteiger partial charge in [-0.1, -0.05) is 28.1 Å². The summed E-state index contributed by atoms with van der Waals surface area (Å²) in [5.74, 6) is -0.136. The quantitative estimate of drug-likeness (QED) is 0.727. The first-order valence-electron chi connectivity index (χ1n) is 7.72. The molecule has 2 aromatic rings. The Balaban J connectivity index is 1.96. The third-order valence-corrected chi connectivity index (χ3v) is 4.09. The SMILES string of the molecule is CCN(CC)c1ccc(NC(=O)/C=C/c2ccc(Br)cc2)cc1. The first-order chi connectivity index (χ1) is 11.1. The Bertz CT molecular complexity index is 659. The minimum Gasteiger partial charge on any atom is -0.372 e. The fourth-order valence-corrected chi connectivity index (χ4v) is 2.54. The number of amides is 1. The smallest absolute Gasteiger partial charge is 0.248 e. The number of anilines is 2. The largest absolute Gasteiger partial charge is 0.372 e. The van der Waals surface area contributed by atoms with Gasteiger partial charge in [-0.3, -0.25) is 4.79 Å². The average molecular weight is 373 g/mol. The minimum absolute atomic E-state index is 0.136. The van der Waals surface area contributed by atoms with E-state index in [9.17, 15) is 4.79 Å². The van der Waals surface area contributed by atoms with E-state index < -0.39 is 0 Å². The summed E-state index contributed by atoms with van der Waals surface area (Å²) in [6.07, 6.45) is 3.34. The lowest BCUT2D eigenvalue weighted by Crippen LogP contribution is -2.21. The first kappa shape index (κ1) is 17.3. The van der Waals surface area contributed by atoms with Crippen LogP contribution in [0.2, 0.25) is 0 Å². The van der Waals surface area contributed by atoms with E-state index >= 15 is 0 Å². The molecular weight excluding hydrogens is 352 g/mol. The number of nitrogens with zero attached hydrogens (tertiary/aromatic N) is 1. The average Bonchev–Trinajstić information content (AvgIpc) is 2.57. The molecule has 2 aromatic carbocycles. The van der Waals surface area contributed by atoms with Crippen molar-refractivity contribution < 1.29 is 4.79 Å². The van der Waals surface area contributed by atoms with Crippen LogP contribution in [-0.4, -0.2) is 19.0 Å². The number of carbonyl (C=O) groups excluding carboxylic acids is 1. The van der Waals surface area contributed by atoms with Crippen LogP contribution in [0.4, 0.5) is 11.4 Å². The first-order valence-corrected chi connectivity index (χ1v) is 8.51. The second-order valence-electron chi connectivity index (χ2n) is 5.09. The van der Waals surface area contributed by atoms with Gasteiger partial charge in [-0.05, 0) is 61.9 Å². The van der Waals surface area contributed by atoms with Crippen molar-refractivity contribution in [2.45, 2.75) is 13.8 Å². The van der Waals surface area contributed by atoms with Gasteiger partial charge < -0.3 is 10.2 Å². The van der Waals surface area contributed by atoms with Crippen LogP contribution in [0, 0.1) is 0 Å². The van der Waals surface area contributed by atoms with Crippen LogP contribution in [0.5, 0.6) is 0 Å². The predicted octanol–water partition coefficient (Wildman–Crippen LogP) is 4.95. The summed E-state index contributed by atoms with van der Waals surface area (Å²) in [5.41, 5.74) is 2.95. The van der Waals surface area contributed by atoms with E-state index in [1.165, 1.54) is 5.69 Å². The molecule has 4 heteroatoms. The number of hydrogen-bond donors (Lipinski definition) is 1. The van der Waals surface area contributed by atoms with Crippen molar-refractivity contribution in [3.05, 3.63) is 64.6 Å². The molecule has 0 aliphatic rings. The highest BCUT2D eigenvalue weighted by atomic mass is 79.9. The van der Waals surface area contributed by atoms with Gasteiger partial charge in [0.1, 0.15) is 0 Å². The molecule has 0 saturated heterocycles. The van der Waals surface area contributed by atoms with Crippen LogP contribution in [0.25, 0.3) is 6.08 Å². The molecule has 0 unspecified atom stereocenters. The van der Waals surface area contributed by atoms with Gasteiger partial charge in [0.25, 0.3) is 0 Å². The van der Waals surface area contributed by atoms with Gasteiger partial charge in [0, 0.05) is 35.0 Å². The topological polar surface area (TPSA) is 32.3 Å². The van der Waals surface area contributed by atoms with Crippen molar-refractivity contribution in [3.63, 3.8) is 0 Å². The van der Waals surface area contributed by atoms with E-state index in [1.807, 2.05) is 48.5 Å². The number of hydrogen-bond acceptors (Lipinski definition) is 2. The van der Waals surface area contributed by atoms with Crippen LogP contribution < -0.4 is 10.2 Å². The van der Waals surface area contributed by atoms with Gasteiger partial charge in [-0.2, -0.15) is 0 Å². The van der Waals surface area contributed by atoms with Crippen molar-refractivity contribution in [1.29, 1.82) is 0 Å². The van der Waals surface area contributed by atoms with Gasteiger partial charge >= 0.3 is 0 Å². The Kier molecular flexibility index (Phi) is 6.41. The molecule has 0 heterocycles. The van der Waals surface area contributed by atoms with Gasteiger partial charge in [0.2, 0.25) is 5.91 Å². The summed E-state index contributed by atoms with van der Waals surface area (Å²) in [6.45, 7) is 6.20. The maximum Gasteiger partial charge on any atom is 0.248 e. The third kappa shape index (κ3) is 5.25. The van der Waals surface area contributed by atoms with Crippen molar-refractivity contribution >= 4 is 39.3 Å². The second kappa shape index (κ2) is 8.53. The van der Waals surface area contributed by atoms with E-state index in [0.717, 1.165) is 28.8 Å². The lowest BCUT2D eigenvalue weighted by Gasteiger charge is -2.21. The molecule has 0 saturated carbocycles. The third-order valence-electron chi connectivity index (χ3n) is 3.56. The van der Waals surface area contributed by atoms with Gasteiger partial charge in [0.15, 0.2) is 0 Å². The van der Waals surface area contributed by atoms with Crippen molar-refractivity contribution in [1.82, 2.24) is 0 Å². The number of nitrogens with one attached hydrogen (secondary N) is 1. The van der Waals surface area contributed by atoms with E-state index in [0.29, 0.717) is 0 Å². The number of halogens is 1. The summed E-state index contributed by atoms with van der Waals surface area (Å²) in [7, 11) is 0. The van der Waals surface area contributed by atoms with Gasteiger partial charge in [-0.15, -0.1) is 0 Å². The maximum atomic E-state index is 12.0. The number of carbonyl (C=O) groups is 1. The Morgan fingerprint density at radius 2 is 1.65 bits per heavy atom. The maximum absolute atomic E-state index is 12.0. The van der Waals surface area contributed by atoms with E-state index in [2.05, 4.69) is 40.0 Å². The van der Waals surface area contributed by atoms with Crippen LogP contribution in [0.1, 0.15) is 19.4 Å². The van der Waals surface area contributed by atoms with Crippen LogP contribution in [0.3, 0.4) is 0 Å². The van der Waals surface area contributed by atoms with Crippen LogP contribution in [-0.2, 0) is 4.79 Å². The molecule has 0 aliphatic heterocycles.